The summed E-state index contributed by atoms with van der Waals surface area (Å²) >= 11 is 1.43. The lowest BCUT2D eigenvalue weighted by Crippen LogP contribution is -2.28. The highest BCUT2D eigenvalue weighted by Gasteiger charge is 2.14. The first kappa shape index (κ1) is 16.7. The van der Waals surface area contributed by atoms with Gasteiger partial charge in [0.05, 0.1) is 17.6 Å². The number of ether oxygens (including phenoxy) is 1. The van der Waals surface area contributed by atoms with Crippen LogP contribution >= 0.6 is 11.3 Å². The summed E-state index contributed by atoms with van der Waals surface area (Å²) in [5, 5.41) is 14.3. The average molecular weight is 319 g/mol. The summed E-state index contributed by atoms with van der Waals surface area (Å²) in [4.78, 5) is 13.0. The molecule has 0 aliphatic heterocycles. The Morgan fingerprint density at radius 1 is 1.32 bits per heavy atom. The molecule has 0 aliphatic rings. The second kappa shape index (κ2) is 8.08. The second-order valence-electron chi connectivity index (χ2n) is 5.18. The van der Waals surface area contributed by atoms with Crippen LogP contribution in [0.5, 0.6) is 0 Å². The highest BCUT2D eigenvalue weighted by molar-refractivity contribution is 7.12. The summed E-state index contributed by atoms with van der Waals surface area (Å²) in [6.07, 6.45) is -0.0737. The van der Waals surface area contributed by atoms with Gasteiger partial charge in [0.15, 0.2) is 0 Å². The van der Waals surface area contributed by atoms with Crippen LogP contribution in [0, 0.1) is 6.92 Å². The number of nitrogens with one attached hydrogen (secondary N) is 1. The minimum absolute atomic E-state index is 0.102. The Morgan fingerprint density at radius 3 is 2.73 bits per heavy atom. The van der Waals surface area contributed by atoms with E-state index in [2.05, 4.69) is 5.32 Å². The molecule has 1 aromatic heterocycles. The van der Waals surface area contributed by atoms with Gasteiger partial charge in [-0.15, -0.1) is 11.3 Å². The molecule has 4 nitrogen and oxygen atoms in total. The van der Waals surface area contributed by atoms with Gasteiger partial charge in [-0.2, -0.15) is 0 Å². The van der Waals surface area contributed by atoms with E-state index >= 15 is 0 Å². The molecule has 0 fully saturated rings. The van der Waals surface area contributed by atoms with Gasteiger partial charge in [0.2, 0.25) is 0 Å². The van der Waals surface area contributed by atoms with Crippen LogP contribution in [0.4, 0.5) is 0 Å². The van der Waals surface area contributed by atoms with Crippen LogP contribution in [-0.4, -0.2) is 37.4 Å². The molecule has 0 saturated heterocycles. The van der Waals surface area contributed by atoms with Crippen molar-refractivity contribution in [3.05, 3.63) is 46.2 Å². The third-order valence-corrected chi connectivity index (χ3v) is 4.27. The number of aryl methyl sites for hydroxylation is 1. The number of carbonyl (C=O) groups excluding carboxylic acids is 1. The molecule has 1 amide bonds. The van der Waals surface area contributed by atoms with Gasteiger partial charge in [-0.1, -0.05) is 29.8 Å². The van der Waals surface area contributed by atoms with Crippen LogP contribution in [0.1, 0.15) is 21.7 Å². The Bertz CT molecular complexity index is 607. The monoisotopic (exact) mass is 319 g/mol. The number of aliphatic hydroxyl groups excluding tert-OH is 1. The van der Waals surface area contributed by atoms with E-state index in [1.807, 2.05) is 42.6 Å². The Hall–Kier alpha value is -1.69. The number of amides is 1. The summed E-state index contributed by atoms with van der Waals surface area (Å²) < 4.78 is 4.86. The third-order valence-electron chi connectivity index (χ3n) is 3.36. The van der Waals surface area contributed by atoms with E-state index in [1.54, 1.807) is 7.11 Å². The maximum absolute atomic E-state index is 12.3. The zero-order chi connectivity index (χ0) is 15.9. The smallest absolute Gasteiger partial charge is 0.261 e. The molecule has 1 atom stereocenters. The maximum atomic E-state index is 12.3. The molecule has 2 N–H and O–H groups in total. The predicted octanol–water partition coefficient (Wildman–Crippen LogP) is 2.85. The summed E-state index contributed by atoms with van der Waals surface area (Å²) in [6.45, 7) is 2.74. The lowest BCUT2D eigenvalue weighted by atomic mass is 10.0. The van der Waals surface area contributed by atoms with Crippen LogP contribution in [0.2, 0.25) is 0 Å². The summed E-state index contributed by atoms with van der Waals surface area (Å²) in [5.74, 6) is -0.102. The minimum Gasteiger partial charge on any atom is -0.391 e. The molecular weight excluding hydrogens is 298 g/mol. The Labute approximate surface area is 134 Å². The zero-order valence-corrected chi connectivity index (χ0v) is 13.7. The number of methoxy groups -OCH3 is 1. The van der Waals surface area contributed by atoms with Gasteiger partial charge in [0.1, 0.15) is 0 Å². The third kappa shape index (κ3) is 4.40. The van der Waals surface area contributed by atoms with E-state index < -0.39 is 6.10 Å². The first-order valence-corrected chi connectivity index (χ1v) is 8.09. The molecule has 1 heterocycles. The largest absolute Gasteiger partial charge is 0.391 e. The van der Waals surface area contributed by atoms with Crippen molar-refractivity contribution < 1.29 is 14.6 Å². The van der Waals surface area contributed by atoms with Crippen molar-refractivity contribution >= 4 is 17.2 Å². The van der Waals surface area contributed by atoms with Gasteiger partial charge in [0.25, 0.3) is 5.91 Å². The SMILES string of the molecule is COCC(O)CCNC(=O)c1sccc1-c1ccc(C)cc1. The molecule has 0 bridgehead atoms. The van der Waals surface area contributed by atoms with Gasteiger partial charge >= 0.3 is 0 Å². The lowest BCUT2D eigenvalue weighted by Gasteiger charge is -2.10. The number of aliphatic hydroxyl groups is 1. The van der Waals surface area contributed by atoms with Crippen molar-refractivity contribution in [2.75, 3.05) is 20.3 Å². The molecule has 1 unspecified atom stereocenters. The maximum Gasteiger partial charge on any atom is 0.261 e. The van der Waals surface area contributed by atoms with Crippen molar-refractivity contribution in [2.45, 2.75) is 19.4 Å². The van der Waals surface area contributed by atoms with Gasteiger partial charge in [-0.3, -0.25) is 4.79 Å². The lowest BCUT2D eigenvalue weighted by molar-refractivity contribution is 0.0588. The summed E-state index contributed by atoms with van der Waals surface area (Å²) in [5.41, 5.74) is 3.17. The molecule has 2 rings (SSSR count). The van der Waals surface area contributed by atoms with Gasteiger partial charge in [0, 0.05) is 19.2 Å². The molecule has 1 aromatic carbocycles. The second-order valence-corrected chi connectivity index (χ2v) is 6.10. The van der Waals surface area contributed by atoms with E-state index in [0.717, 1.165) is 11.1 Å². The molecule has 118 valence electrons. The summed E-state index contributed by atoms with van der Waals surface area (Å²) in [6, 6.07) is 10.1. The van der Waals surface area contributed by atoms with Crippen LogP contribution in [-0.2, 0) is 4.74 Å². The van der Waals surface area contributed by atoms with Gasteiger partial charge in [-0.25, -0.2) is 0 Å². The zero-order valence-electron chi connectivity index (χ0n) is 12.8. The highest BCUT2D eigenvalue weighted by Crippen LogP contribution is 2.28. The molecule has 0 aliphatic carbocycles. The van der Waals surface area contributed by atoms with Crippen molar-refractivity contribution in [1.82, 2.24) is 5.32 Å². The normalized spacial score (nSPS) is 12.1. The summed E-state index contributed by atoms with van der Waals surface area (Å²) in [7, 11) is 1.54. The van der Waals surface area contributed by atoms with Crippen molar-refractivity contribution in [3.63, 3.8) is 0 Å². The predicted molar refractivity (Wildman–Crippen MR) is 89.3 cm³/mol. The Balaban J connectivity index is 1.99. The van der Waals surface area contributed by atoms with Crippen LogP contribution in [0.15, 0.2) is 35.7 Å². The molecule has 0 spiro atoms. The molecule has 0 saturated carbocycles. The molecular formula is C17H21NO3S. The van der Waals surface area contributed by atoms with E-state index in [4.69, 9.17) is 4.74 Å². The number of thiophene rings is 1. The fraction of sp³-hybridized carbons (Fsp3) is 0.353. The fourth-order valence-corrected chi connectivity index (χ4v) is 2.99. The fourth-order valence-electron chi connectivity index (χ4n) is 2.15. The number of hydrogen-bond donors (Lipinski definition) is 2. The van der Waals surface area contributed by atoms with Crippen molar-refractivity contribution in [3.8, 4) is 11.1 Å². The molecule has 2 aromatic rings. The average Bonchev–Trinajstić information content (AvgIpc) is 2.97. The van der Waals surface area contributed by atoms with Crippen molar-refractivity contribution in [1.29, 1.82) is 0 Å². The van der Waals surface area contributed by atoms with Crippen LogP contribution < -0.4 is 5.32 Å². The highest BCUT2D eigenvalue weighted by atomic mass is 32.1. The first-order chi connectivity index (χ1) is 10.6. The van der Waals surface area contributed by atoms with E-state index in [-0.39, 0.29) is 12.5 Å². The number of rotatable bonds is 7. The standard InChI is InChI=1S/C17H21NO3S/c1-12-3-5-13(6-4-12)15-8-10-22-16(15)17(20)18-9-7-14(19)11-21-2/h3-6,8,10,14,19H,7,9,11H2,1-2H3,(H,18,20). The van der Waals surface area contributed by atoms with E-state index in [1.165, 1.54) is 16.9 Å². The quantitative estimate of drug-likeness (QED) is 0.825. The minimum atomic E-state index is -0.551. The van der Waals surface area contributed by atoms with E-state index in [9.17, 15) is 9.90 Å². The van der Waals surface area contributed by atoms with Gasteiger partial charge in [-0.05, 0) is 30.4 Å². The number of carbonyl (C=O) groups is 1. The van der Waals surface area contributed by atoms with Gasteiger partial charge < -0.3 is 15.2 Å². The first-order valence-electron chi connectivity index (χ1n) is 7.21. The topological polar surface area (TPSA) is 58.6 Å². The Morgan fingerprint density at radius 2 is 2.05 bits per heavy atom. The Kier molecular flexibility index (Phi) is 6.12. The van der Waals surface area contributed by atoms with Crippen LogP contribution in [0.25, 0.3) is 11.1 Å². The van der Waals surface area contributed by atoms with Crippen LogP contribution in [0.3, 0.4) is 0 Å². The molecule has 0 radical (unpaired) electrons. The van der Waals surface area contributed by atoms with E-state index in [0.29, 0.717) is 17.8 Å². The molecule has 5 heteroatoms. The molecule has 22 heavy (non-hydrogen) atoms. The number of hydrogen-bond acceptors (Lipinski definition) is 4. The van der Waals surface area contributed by atoms with Crippen molar-refractivity contribution in [2.24, 2.45) is 0 Å². The number of benzene rings is 1.